The Balaban J connectivity index is 1.37. The second-order valence-electron chi connectivity index (χ2n) is 15.8. The average molecular weight is 707 g/mol. The zero-order valence-electron chi connectivity index (χ0n) is 31.4. The Morgan fingerprint density at radius 3 is 2.24 bits per heavy atom. The number of nitrogens with zero attached hydrogens (tertiary/aromatic N) is 6. The number of rotatable bonds is 8. The van der Waals surface area contributed by atoms with E-state index in [0.717, 1.165) is 24.0 Å². The minimum absolute atomic E-state index is 0.0733. The SMILES string of the molecule is CC(C)c1cnn2c(N(CC3CCN(C(=O)OCc4ccccc4)CC3)C(=O)OC(C)(C)C)cc(O[C@@H]3CCCN(C(=O)OC(C)(C)C)C3)nc12. The summed E-state index contributed by atoms with van der Waals surface area (Å²) in [5, 5.41) is 4.68. The monoisotopic (exact) mass is 706 g/mol. The van der Waals surface area contributed by atoms with Crippen LogP contribution < -0.4 is 9.64 Å². The number of benzene rings is 1. The molecule has 5 rings (SSSR count). The van der Waals surface area contributed by atoms with E-state index in [9.17, 15) is 14.4 Å². The topological polar surface area (TPSA) is 128 Å². The van der Waals surface area contributed by atoms with E-state index in [1.807, 2.05) is 71.9 Å². The van der Waals surface area contributed by atoms with Crippen LogP contribution in [0.4, 0.5) is 20.2 Å². The highest BCUT2D eigenvalue weighted by Gasteiger charge is 2.33. The standard InChI is InChI=1S/C38H54N6O7/c1-26(2)30-22-39-44-32(21-31(40-33(30)44)49-29-15-12-18-42(24-29)35(46)50-37(3,4)5)43(36(47)51-38(6,7)8)23-27-16-19-41(20-17-27)34(45)48-25-28-13-10-9-11-14-28/h9-11,13-14,21-22,26-27,29H,12,15-20,23-25H2,1-8H3/t29-/m1/s1. The molecule has 0 radical (unpaired) electrons. The van der Waals surface area contributed by atoms with Crippen LogP contribution in [-0.4, -0.2) is 92.7 Å². The summed E-state index contributed by atoms with van der Waals surface area (Å²) < 4.78 is 25.3. The van der Waals surface area contributed by atoms with Crippen LogP contribution in [0, 0.1) is 5.92 Å². The van der Waals surface area contributed by atoms with Crippen LogP contribution >= 0.6 is 0 Å². The third-order valence-corrected chi connectivity index (χ3v) is 8.81. The van der Waals surface area contributed by atoms with Gasteiger partial charge in [0, 0.05) is 37.8 Å². The van der Waals surface area contributed by atoms with Crippen LogP contribution in [0.5, 0.6) is 5.88 Å². The van der Waals surface area contributed by atoms with Gasteiger partial charge in [0.2, 0.25) is 5.88 Å². The van der Waals surface area contributed by atoms with Gasteiger partial charge in [-0.05, 0) is 84.6 Å². The second kappa shape index (κ2) is 15.8. The Bertz CT molecular complexity index is 1650. The quantitative estimate of drug-likeness (QED) is 0.220. The number of carbonyl (C=O) groups excluding carboxylic acids is 3. The number of fused-ring (bicyclic) bond motifs is 1. The fourth-order valence-corrected chi connectivity index (χ4v) is 6.25. The molecule has 1 atom stereocenters. The van der Waals surface area contributed by atoms with Crippen LogP contribution in [0.2, 0.25) is 0 Å². The molecule has 1 aromatic carbocycles. The van der Waals surface area contributed by atoms with Gasteiger partial charge in [0.25, 0.3) is 0 Å². The molecule has 0 saturated carbocycles. The number of carbonyl (C=O) groups is 3. The molecule has 278 valence electrons. The van der Waals surface area contributed by atoms with Crippen molar-refractivity contribution in [2.45, 2.75) is 111 Å². The van der Waals surface area contributed by atoms with E-state index in [1.54, 1.807) is 31.5 Å². The highest BCUT2D eigenvalue weighted by atomic mass is 16.6. The maximum atomic E-state index is 14.0. The first-order valence-corrected chi connectivity index (χ1v) is 18.1. The third-order valence-electron chi connectivity index (χ3n) is 8.81. The first-order chi connectivity index (χ1) is 24.1. The summed E-state index contributed by atoms with van der Waals surface area (Å²) in [5.41, 5.74) is 1.08. The second-order valence-corrected chi connectivity index (χ2v) is 15.8. The lowest BCUT2D eigenvalue weighted by molar-refractivity contribution is 0.00720. The first-order valence-electron chi connectivity index (χ1n) is 18.1. The highest BCUT2D eigenvalue weighted by molar-refractivity contribution is 5.87. The number of likely N-dealkylation sites (tertiary alicyclic amines) is 2. The number of aromatic nitrogens is 3. The van der Waals surface area contributed by atoms with Gasteiger partial charge in [-0.25, -0.2) is 14.4 Å². The predicted molar refractivity (Wildman–Crippen MR) is 193 cm³/mol. The smallest absolute Gasteiger partial charge is 0.416 e. The van der Waals surface area contributed by atoms with E-state index >= 15 is 0 Å². The molecule has 0 N–H and O–H groups in total. The Morgan fingerprint density at radius 1 is 0.902 bits per heavy atom. The summed E-state index contributed by atoms with van der Waals surface area (Å²) in [4.78, 5) is 49.6. The Morgan fingerprint density at radius 2 is 1.59 bits per heavy atom. The molecule has 3 aromatic rings. The van der Waals surface area contributed by atoms with Crippen LogP contribution in [0.15, 0.2) is 42.6 Å². The maximum Gasteiger partial charge on any atom is 0.416 e. The Hall–Kier alpha value is -4.55. The maximum absolute atomic E-state index is 14.0. The fourth-order valence-electron chi connectivity index (χ4n) is 6.25. The zero-order valence-corrected chi connectivity index (χ0v) is 31.4. The molecule has 13 nitrogen and oxygen atoms in total. The van der Waals surface area contributed by atoms with Gasteiger partial charge >= 0.3 is 18.3 Å². The summed E-state index contributed by atoms with van der Waals surface area (Å²) >= 11 is 0. The molecular formula is C38H54N6O7. The van der Waals surface area contributed by atoms with Crippen molar-refractivity contribution in [3.63, 3.8) is 0 Å². The Labute approximate surface area is 301 Å². The molecule has 13 heteroatoms. The van der Waals surface area contributed by atoms with Gasteiger partial charge in [0.05, 0.1) is 12.7 Å². The van der Waals surface area contributed by atoms with E-state index in [-0.39, 0.29) is 36.7 Å². The normalized spacial score (nSPS) is 17.4. The summed E-state index contributed by atoms with van der Waals surface area (Å²) in [5.74, 6) is 0.988. The first kappa shape index (κ1) is 37.7. The largest absolute Gasteiger partial charge is 0.472 e. The molecular weight excluding hydrogens is 652 g/mol. The van der Waals surface area contributed by atoms with Gasteiger partial charge in [-0.2, -0.15) is 14.6 Å². The van der Waals surface area contributed by atoms with Gasteiger partial charge in [-0.3, -0.25) is 4.90 Å². The lowest BCUT2D eigenvalue weighted by Gasteiger charge is -2.35. The summed E-state index contributed by atoms with van der Waals surface area (Å²) in [6.45, 7) is 17.7. The molecule has 2 aliphatic heterocycles. The van der Waals surface area contributed by atoms with Crippen molar-refractivity contribution < 1.29 is 33.3 Å². The average Bonchev–Trinajstić information content (AvgIpc) is 3.50. The summed E-state index contributed by atoms with van der Waals surface area (Å²) in [7, 11) is 0. The molecule has 2 aliphatic rings. The molecule has 0 aliphatic carbocycles. The zero-order chi connectivity index (χ0) is 36.9. The van der Waals surface area contributed by atoms with Crippen molar-refractivity contribution in [1.82, 2.24) is 24.4 Å². The molecule has 4 heterocycles. The van der Waals surface area contributed by atoms with Crippen LogP contribution in [0.3, 0.4) is 0 Å². The van der Waals surface area contributed by atoms with Crippen molar-refractivity contribution in [2.24, 2.45) is 5.92 Å². The van der Waals surface area contributed by atoms with Crippen molar-refractivity contribution in [1.29, 1.82) is 0 Å². The van der Waals surface area contributed by atoms with Crippen molar-refractivity contribution in [3.05, 3.63) is 53.7 Å². The lowest BCUT2D eigenvalue weighted by Crippen LogP contribution is -2.46. The van der Waals surface area contributed by atoms with E-state index in [1.165, 1.54) is 0 Å². The Kier molecular flexibility index (Phi) is 11.7. The van der Waals surface area contributed by atoms with Gasteiger partial charge < -0.3 is 28.7 Å². The van der Waals surface area contributed by atoms with Crippen molar-refractivity contribution in [2.75, 3.05) is 37.6 Å². The number of hydrogen-bond acceptors (Lipinski definition) is 9. The van der Waals surface area contributed by atoms with Crippen LogP contribution in [0.1, 0.15) is 98.1 Å². The number of ether oxygens (including phenoxy) is 4. The molecule has 2 saturated heterocycles. The predicted octanol–water partition coefficient (Wildman–Crippen LogP) is 7.42. The minimum Gasteiger partial charge on any atom is -0.472 e. The van der Waals surface area contributed by atoms with Gasteiger partial charge in [-0.1, -0.05) is 44.2 Å². The third kappa shape index (κ3) is 10.3. The molecule has 3 amide bonds. The number of anilines is 1. The molecule has 51 heavy (non-hydrogen) atoms. The summed E-state index contributed by atoms with van der Waals surface area (Å²) in [6.07, 6.45) is 3.08. The highest BCUT2D eigenvalue weighted by Crippen LogP contribution is 2.31. The lowest BCUT2D eigenvalue weighted by atomic mass is 9.96. The van der Waals surface area contributed by atoms with Gasteiger partial charge in [0.15, 0.2) is 5.65 Å². The molecule has 0 unspecified atom stereocenters. The number of hydrogen-bond donors (Lipinski definition) is 0. The van der Waals surface area contributed by atoms with E-state index in [0.29, 0.717) is 62.9 Å². The van der Waals surface area contributed by atoms with E-state index in [4.69, 9.17) is 23.9 Å². The van der Waals surface area contributed by atoms with Gasteiger partial charge in [0.1, 0.15) is 29.7 Å². The molecule has 0 bridgehead atoms. The van der Waals surface area contributed by atoms with Gasteiger partial charge in [-0.15, -0.1) is 0 Å². The van der Waals surface area contributed by atoms with E-state index in [2.05, 4.69) is 18.9 Å². The van der Waals surface area contributed by atoms with Crippen LogP contribution in [0.25, 0.3) is 5.65 Å². The van der Waals surface area contributed by atoms with Crippen molar-refractivity contribution in [3.8, 4) is 5.88 Å². The van der Waals surface area contributed by atoms with E-state index < -0.39 is 17.3 Å². The molecule has 2 fully saturated rings. The van der Waals surface area contributed by atoms with Crippen molar-refractivity contribution >= 4 is 29.7 Å². The van der Waals surface area contributed by atoms with Crippen LogP contribution in [-0.2, 0) is 20.8 Å². The fraction of sp³-hybridized carbons (Fsp3) is 0.605. The number of piperidine rings is 2. The molecule has 0 spiro atoms. The minimum atomic E-state index is -0.743. The number of amides is 3. The summed E-state index contributed by atoms with van der Waals surface area (Å²) in [6, 6.07) is 11.3. The molecule has 2 aromatic heterocycles.